The predicted octanol–water partition coefficient (Wildman–Crippen LogP) is 8.87. The van der Waals surface area contributed by atoms with Gasteiger partial charge in [-0.3, -0.25) is 14.2 Å². The van der Waals surface area contributed by atoms with E-state index in [0.29, 0.717) is 17.4 Å². The van der Waals surface area contributed by atoms with Gasteiger partial charge in [-0.2, -0.15) is 0 Å². The SMILES string of the molecule is CC/C=C\C/C=C\C/C=C\C/C=C\C[C@H](O)[C@@H](O)CCCC(=O)OC[C@H](COP(=O)([O-])OCC[N+](C)(C)C)OC(=O)CCCCCCCCc1oc(CCC)c(C)c1C. The van der Waals surface area contributed by atoms with Crippen LogP contribution in [0.15, 0.2) is 53.0 Å². The first kappa shape index (κ1) is 54.2. The fraction of sp³-hybridized carbons (Fsp3) is 0.696. The molecule has 2 N–H and O–H groups in total. The van der Waals surface area contributed by atoms with Crippen LogP contribution in [0, 0.1) is 13.8 Å². The van der Waals surface area contributed by atoms with Crippen molar-refractivity contribution in [2.24, 2.45) is 0 Å². The molecule has 1 rings (SSSR count). The zero-order valence-electron chi connectivity index (χ0n) is 37.4. The molecule has 338 valence electrons. The molecule has 0 amide bonds. The second kappa shape index (κ2) is 32.0. The molecule has 0 fully saturated rings. The lowest BCUT2D eigenvalue weighted by molar-refractivity contribution is -0.870. The molecule has 1 aromatic rings. The van der Waals surface area contributed by atoms with Crippen LogP contribution in [-0.2, 0) is 45.5 Å². The van der Waals surface area contributed by atoms with E-state index >= 15 is 0 Å². The molecule has 0 aliphatic carbocycles. The van der Waals surface area contributed by atoms with E-state index in [4.69, 9.17) is 22.9 Å². The number of ether oxygens (including phenoxy) is 2. The number of nitrogens with zero attached hydrogens (tertiary/aromatic N) is 1. The average Bonchev–Trinajstić information content (AvgIpc) is 3.44. The van der Waals surface area contributed by atoms with Crippen LogP contribution < -0.4 is 4.89 Å². The summed E-state index contributed by atoms with van der Waals surface area (Å²) in [5.74, 6) is 1.03. The molecule has 1 heterocycles. The number of esters is 2. The summed E-state index contributed by atoms with van der Waals surface area (Å²) in [6.07, 6.45) is 26.1. The fourth-order valence-corrected chi connectivity index (χ4v) is 6.69. The second-order valence-corrected chi connectivity index (χ2v) is 17.6. The van der Waals surface area contributed by atoms with Crippen LogP contribution in [-0.4, -0.2) is 92.5 Å². The van der Waals surface area contributed by atoms with Gasteiger partial charge < -0.3 is 42.5 Å². The Morgan fingerprint density at radius 1 is 0.729 bits per heavy atom. The summed E-state index contributed by atoms with van der Waals surface area (Å²) in [5, 5.41) is 20.7. The minimum absolute atomic E-state index is 0.0514. The Labute approximate surface area is 355 Å². The molecule has 1 aromatic heterocycles. The Balaban J connectivity index is 2.48. The van der Waals surface area contributed by atoms with Crippen LogP contribution in [0.4, 0.5) is 0 Å². The third-order valence-electron chi connectivity index (χ3n) is 9.74. The number of allylic oxidation sites excluding steroid dienone is 7. The molecule has 13 heteroatoms. The van der Waals surface area contributed by atoms with Crippen LogP contribution >= 0.6 is 7.82 Å². The number of carbonyl (C=O) groups is 2. The Kier molecular flexibility index (Phi) is 29.4. The van der Waals surface area contributed by atoms with Crippen LogP contribution in [0.1, 0.15) is 139 Å². The molecule has 1 unspecified atom stereocenters. The van der Waals surface area contributed by atoms with Crippen LogP contribution in [0.5, 0.6) is 0 Å². The van der Waals surface area contributed by atoms with E-state index < -0.39 is 51.3 Å². The van der Waals surface area contributed by atoms with E-state index in [0.717, 1.165) is 88.6 Å². The van der Waals surface area contributed by atoms with E-state index in [1.807, 2.05) is 39.4 Å². The van der Waals surface area contributed by atoms with Crippen molar-refractivity contribution >= 4 is 19.8 Å². The number of furan rings is 1. The monoisotopic (exact) mass is 852 g/mol. The topological polar surface area (TPSA) is 165 Å². The number of rotatable bonds is 35. The maximum atomic E-state index is 12.7. The van der Waals surface area contributed by atoms with Gasteiger partial charge in [0, 0.05) is 25.7 Å². The lowest BCUT2D eigenvalue weighted by atomic mass is 10.0. The van der Waals surface area contributed by atoms with Crippen LogP contribution in [0.25, 0.3) is 0 Å². The zero-order valence-corrected chi connectivity index (χ0v) is 38.3. The lowest BCUT2D eigenvalue weighted by Crippen LogP contribution is -2.37. The van der Waals surface area contributed by atoms with Crippen molar-refractivity contribution in [1.29, 1.82) is 0 Å². The lowest BCUT2D eigenvalue weighted by Gasteiger charge is -2.28. The summed E-state index contributed by atoms with van der Waals surface area (Å²) in [7, 11) is 0.973. The molecule has 0 bridgehead atoms. The summed E-state index contributed by atoms with van der Waals surface area (Å²) in [6.45, 7) is 7.88. The van der Waals surface area contributed by atoms with Gasteiger partial charge in [0.2, 0.25) is 0 Å². The van der Waals surface area contributed by atoms with Crippen molar-refractivity contribution in [3.63, 3.8) is 0 Å². The van der Waals surface area contributed by atoms with Gasteiger partial charge in [0.25, 0.3) is 7.82 Å². The number of aliphatic hydroxyl groups excluding tert-OH is 2. The van der Waals surface area contributed by atoms with Crippen molar-refractivity contribution in [3.8, 4) is 0 Å². The van der Waals surface area contributed by atoms with Gasteiger partial charge in [0.05, 0.1) is 40.0 Å². The standard InChI is InChI=1S/C46H78NO11P/c1-8-10-11-12-13-14-15-16-17-18-21-24-29-41(48)42(49)30-27-33-45(50)54-36-40(37-56-59(52,53)55-35-34-47(5,6)7)57-46(51)32-26-23-20-19-22-25-31-44-39(4)38(3)43(58-44)28-9-2/h10-11,13-14,16-17,21,24,40-42,48-49H,8-9,12,15,18-20,22-23,25-37H2,1-7H3/b11-10-,14-13-,17-16-,24-21-/t40-,41+,42+/m1/s1. The number of hydrogen-bond acceptors (Lipinski definition) is 11. The summed E-state index contributed by atoms with van der Waals surface area (Å²) in [4.78, 5) is 37.7. The average molecular weight is 852 g/mol. The molecular weight excluding hydrogens is 773 g/mol. The molecule has 0 radical (unpaired) electrons. The van der Waals surface area contributed by atoms with Crippen molar-refractivity contribution in [1.82, 2.24) is 0 Å². The highest BCUT2D eigenvalue weighted by Crippen LogP contribution is 2.38. The number of aliphatic hydroxyl groups is 2. The first-order valence-corrected chi connectivity index (χ1v) is 23.3. The number of phosphoric acid groups is 1. The third-order valence-corrected chi connectivity index (χ3v) is 10.7. The van der Waals surface area contributed by atoms with Crippen molar-refractivity contribution in [3.05, 3.63) is 71.3 Å². The smallest absolute Gasteiger partial charge is 0.306 e. The Hall–Kier alpha value is -2.83. The number of quaternary nitrogens is 1. The van der Waals surface area contributed by atoms with Crippen LogP contribution in [0.2, 0.25) is 0 Å². The molecule has 0 spiro atoms. The molecule has 12 nitrogen and oxygen atoms in total. The number of hydrogen-bond donors (Lipinski definition) is 2. The second-order valence-electron chi connectivity index (χ2n) is 16.2. The largest absolute Gasteiger partial charge is 0.756 e. The van der Waals surface area contributed by atoms with Gasteiger partial charge in [-0.25, -0.2) is 0 Å². The predicted molar refractivity (Wildman–Crippen MR) is 233 cm³/mol. The fourth-order valence-electron chi connectivity index (χ4n) is 5.96. The number of phosphoric ester groups is 1. The first-order chi connectivity index (χ1) is 28.1. The van der Waals surface area contributed by atoms with Gasteiger partial charge in [0.1, 0.15) is 31.3 Å². The highest BCUT2D eigenvalue weighted by molar-refractivity contribution is 7.45. The quantitative estimate of drug-likeness (QED) is 0.0220. The van der Waals surface area contributed by atoms with E-state index in [1.165, 1.54) is 11.1 Å². The molecule has 4 atom stereocenters. The molecule has 59 heavy (non-hydrogen) atoms. The third kappa shape index (κ3) is 28.4. The molecule has 0 saturated heterocycles. The Bertz CT molecular complexity index is 1460. The number of carbonyl (C=O) groups excluding carboxylic acids is 2. The van der Waals surface area contributed by atoms with E-state index in [-0.39, 0.29) is 38.7 Å². The molecule has 0 aliphatic heterocycles. The van der Waals surface area contributed by atoms with E-state index in [9.17, 15) is 29.3 Å². The molecule has 0 saturated carbocycles. The normalized spacial score (nSPS) is 15.1. The van der Waals surface area contributed by atoms with Crippen molar-refractivity contribution < 1.29 is 56.7 Å². The molecular formula is C46H78NO11P. The van der Waals surface area contributed by atoms with Gasteiger partial charge >= 0.3 is 11.9 Å². The maximum absolute atomic E-state index is 12.7. The Morgan fingerprint density at radius 2 is 1.29 bits per heavy atom. The van der Waals surface area contributed by atoms with Gasteiger partial charge in [-0.05, 0) is 89.2 Å². The molecule has 0 aromatic carbocycles. The molecule has 0 aliphatic rings. The maximum Gasteiger partial charge on any atom is 0.306 e. The Morgan fingerprint density at radius 3 is 1.90 bits per heavy atom. The van der Waals surface area contributed by atoms with Gasteiger partial charge in [0.15, 0.2) is 6.10 Å². The summed E-state index contributed by atoms with van der Waals surface area (Å²) >= 11 is 0. The summed E-state index contributed by atoms with van der Waals surface area (Å²) in [5.41, 5.74) is 2.53. The minimum atomic E-state index is -4.71. The number of aryl methyl sites for hydroxylation is 2. The highest BCUT2D eigenvalue weighted by Gasteiger charge is 2.22. The van der Waals surface area contributed by atoms with Gasteiger partial charge in [-0.15, -0.1) is 0 Å². The van der Waals surface area contributed by atoms with E-state index in [1.54, 1.807) is 0 Å². The van der Waals surface area contributed by atoms with Crippen LogP contribution in [0.3, 0.4) is 0 Å². The van der Waals surface area contributed by atoms with Gasteiger partial charge in [-0.1, -0.05) is 88.1 Å². The minimum Gasteiger partial charge on any atom is -0.756 e. The first-order valence-electron chi connectivity index (χ1n) is 21.9. The summed E-state index contributed by atoms with van der Waals surface area (Å²) in [6, 6.07) is 0. The highest BCUT2D eigenvalue weighted by atomic mass is 31.2. The van der Waals surface area contributed by atoms with Crippen molar-refractivity contribution in [2.45, 2.75) is 162 Å². The number of likely N-dealkylation sites (N-methyl/N-ethyl adjacent to an activating group) is 1. The zero-order chi connectivity index (χ0) is 43.9. The van der Waals surface area contributed by atoms with E-state index in [2.05, 4.69) is 58.1 Å². The number of unbranched alkanes of at least 4 members (excludes halogenated alkanes) is 5. The summed E-state index contributed by atoms with van der Waals surface area (Å²) < 4.78 is 39.8. The van der Waals surface area contributed by atoms with Crippen molar-refractivity contribution in [2.75, 3.05) is 47.5 Å².